The van der Waals surface area contributed by atoms with Gasteiger partial charge in [-0.2, -0.15) is 0 Å². The number of urea groups is 1. The van der Waals surface area contributed by atoms with Crippen molar-refractivity contribution in [3.63, 3.8) is 0 Å². The zero-order chi connectivity index (χ0) is 15.7. The maximum absolute atomic E-state index is 11.8. The molecule has 22 heavy (non-hydrogen) atoms. The second kappa shape index (κ2) is 6.16. The van der Waals surface area contributed by atoms with Crippen LogP contribution in [0.4, 0.5) is 4.79 Å². The van der Waals surface area contributed by atoms with Crippen LogP contribution < -0.4 is 11.2 Å². The van der Waals surface area contributed by atoms with Crippen molar-refractivity contribution in [2.75, 3.05) is 0 Å². The number of halogens is 2. The third kappa shape index (κ3) is 3.52. The van der Waals surface area contributed by atoms with E-state index in [0.29, 0.717) is 21.5 Å². The minimum atomic E-state index is -0.328. The van der Waals surface area contributed by atoms with Crippen LogP contribution in [0, 0.1) is 0 Å². The molecule has 3 N–H and O–H groups in total. The van der Waals surface area contributed by atoms with Crippen molar-refractivity contribution in [1.29, 1.82) is 0 Å². The molecule has 1 saturated carbocycles. The number of carbonyl (C=O) groups is 1. The SMILES string of the molecule is NN(C(=O)NCc1cc(-c2cc(Cl)cc(Cl)c2)no1)C1CC1. The number of nitrogens with two attached hydrogens (primary N) is 1. The number of aromatic nitrogens is 1. The van der Waals surface area contributed by atoms with Crippen LogP contribution in [0.25, 0.3) is 11.3 Å². The summed E-state index contributed by atoms with van der Waals surface area (Å²) in [5, 5.41) is 8.88. The molecule has 0 saturated heterocycles. The Labute approximate surface area is 137 Å². The summed E-state index contributed by atoms with van der Waals surface area (Å²) in [6.07, 6.45) is 1.90. The van der Waals surface area contributed by atoms with Crippen molar-refractivity contribution in [3.8, 4) is 11.3 Å². The predicted molar refractivity (Wildman–Crippen MR) is 83.2 cm³/mol. The largest absolute Gasteiger partial charge is 0.359 e. The molecule has 6 nitrogen and oxygen atoms in total. The molecule has 0 radical (unpaired) electrons. The summed E-state index contributed by atoms with van der Waals surface area (Å²) in [5.41, 5.74) is 1.35. The van der Waals surface area contributed by atoms with Gasteiger partial charge in [0.05, 0.1) is 12.6 Å². The van der Waals surface area contributed by atoms with Gasteiger partial charge in [0.1, 0.15) is 5.69 Å². The number of hydrazine groups is 1. The van der Waals surface area contributed by atoms with E-state index in [-0.39, 0.29) is 18.6 Å². The van der Waals surface area contributed by atoms with Gasteiger partial charge in [-0.25, -0.2) is 10.6 Å². The molecule has 1 aliphatic carbocycles. The average molecular weight is 341 g/mol. The van der Waals surface area contributed by atoms with E-state index in [2.05, 4.69) is 10.5 Å². The van der Waals surface area contributed by atoms with Crippen molar-refractivity contribution in [1.82, 2.24) is 15.5 Å². The molecule has 1 aliphatic rings. The summed E-state index contributed by atoms with van der Waals surface area (Å²) in [5.74, 6) is 6.18. The van der Waals surface area contributed by atoms with E-state index >= 15 is 0 Å². The Hall–Kier alpha value is -1.76. The van der Waals surface area contributed by atoms with Gasteiger partial charge in [-0.05, 0) is 31.0 Å². The molecule has 0 spiro atoms. The van der Waals surface area contributed by atoms with Gasteiger partial charge in [-0.1, -0.05) is 28.4 Å². The minimum absolute atomic E-state index is 0.152. The minimum Gasteiger partial charge on any atom is -0.359 e. The zero-order valence-corrected chi connectivity index (χ0v) is 13.1. The van der Waals surface area contributed by atoms with Crippen LogP contribution in [0.5, 0.6) is 0 Å². The van der Waals surface area contributed by atoms with Crippen LogP contribution in [0.15, 0.2) is 28.8 Å². The molecule has 1 aromatic carbocycles. The quantitative estimate of drug-likeness (QED) is 0.508. The molecule has 8 heteroatoms. The second-order valence-corrected chi connectivity index (χ2v) is 6.01. The number of benzene rings is 1. The molecular formula is C14H14Cl2N4O2. The number of nitrogens with one attached hydrogen (secondary N) is 1. The number of amides is 2. The zero-order valence-electron chi connectivity index (χ0n) is 11.6. The summed E-state index contributed by atoms with van der Waals surface area (Å²) in [7, 11) is 0. The number of nitrogens with zero attached hydrogens (tertiary/aromatic N) is 2. The van der Waals surface area contributed by atoms with Crippen LogP contribution in [0.3, 0.4) is 0 Å². The standard InChI is InChI=1S/C14H14Cl2N4O2/c15-9-3-8(4-10(16)5-9)13-6-12(22-19-13)7-18-14(21)20(17)11-1-2-11/h3-6,11H,1-2,7,17H2,(H,18,21). The lowest BCUT2D eigenvalue weighted by atomic mass is 10.1. The monoisotopic (exact) mass is 340 g/mol. The molecule has 2 aromatic rings. The summed E-state index contributed by atoms with van der Waals surface area (Å²) >= 11 is 11.9. The number of hydrogen-bond acceptors (Lipinski definition) is 4. The van der Waals surface area contributed by atoms with Gasteiger partial charge in [0.25, 0.3) is 0 Å². The molecule has 0 unspecified atom stereocenters. The number of rotatable bonds is 4. The summed E-state index contributed by atoms with van der Waals surface area (Å²) in [4.78, 5) is 11.8. The van der Waals surface area contributed by atoms with E-state index in [4.69, 9.17) is 33.6 Å². The highest BCUT2D eigenvalue weighted by Gasteiger charge is 2.30. The highest BCUT2D eigenvalue weighted by molar-refractivity contribution is 6.35. The Bertz CT molecular complexity index is 680. The van der Waals surface area contributed by atoms with E-state index in [1.54, 1.807) is 24.3 Å². The van der Waals surface area contributed by atoms with Crippen molar-refractivity contribution in [2.45, 2.75) is 25.4 Å². The van der Waals surface area contributed by atoms with Crippen LogP contribution in [0.2, 0.25) is 10.0 Å². The van der Waals surface area contributed by atoms with Gasteiger partial charge in [-0.3, -0.25) is 5.01 Å². The Balaban J connectivity index is 1.64. The first kappa shape index (κ1) is 15.1. The Morgan fingerprint density at radius 2 is 2.00 bits per heavy atom. The maximum atomic E-state index is 11.8. The Morgan fingerprint density at radius 1 is 1.32 bits per heavy atom. The van der Waals surface area contributed by atoms with E-state index < -0.39 is 0 Å². The van der Waals surface area contributed by atoms with Crippen LogP contribution in [-0.4, -0.2) is 22.2 Å². The summed E-state index contributed by atoms with van der Waals surface area (Å²) in [6, 6.07) is 6.66. The topological polar surface area (TPSA) is 84.4 Å². The molecular weight excluding hydrogens is 327 g/mol. The second-order valence-electron chi connectivity index (χ2n) is 5.13. The van der Waals surface area contributed by atoms with Gasteiger partial charge in [0, 0.05) is 21.7 Å². The highest BCUT2D eigenvalue weighted by atomic mass is 35.5. The van der Waals surface area contributed by atoms with Crippen LogP contribution >= 0.6 is 23.2 Å². The van der Waals surface area contributed by atoms with Gasteiger partial charge in [0.15, 0.2) is 5.76 Å². The lowest BCUT2D eigenvalue weighted by molar-refractivity contribution is 0.194. The van der Waals surface area contributed by atoms with Gasteiger partial charge in [0.2, 0.25) is 0 Å². The molecule has 1 fully saturated rings. The highest BCUT2D eigenvalue weighted by Crippen LogP contribution is 2.27. The predicted octanol–water partition coefficient (Wildman–Crippen LogP) is 3.20. The molecule has 1 aromatic heterocycles. The normalized spacial score (nSPS) is 14.0. The van der Waals surface area contributed by atoms with Crippen LogP contribution in [-0.2, 0) is 6.54 Å². The van der Waals surface area contributed by atoms with Gasteiger partial charge < -0.3 is 9.84 Å². The van der Waals surface area contributed by atoms with Crippen molar-refractivity contribution >= 4 is 29.2 Å². The average Bonchev–Trinajstić information content (AvgIpc) is 3.21. The molecule has 0 aliphatic heterocycles. The Kier molecular flexibility index (Phi) is 4.24. The maximum Gasteiger partial charge on any atom is 0.332 e. The molecule has 0 bridgehead atoms. The van der Waals surface area contributed by atoms with Crippen molar-refractivity contribution in [2.24, 2.45) is 5.84 Å². The molecule has 1 heterocycles. The molecule has 0 atom stereocenters. The molecule has 3 rings (SSSR count). The first-order valence-electron chi connectivity index (χ1n) is 6.77. The van der Waals surface area contributed by atoms with E-state index in [1.165, 1.54) is 5.01 Å². The van der Waals surface area contributed by atoms with Crippen molar-refractivity contribution < 1.29 is 9.32 Å². The number of hydrogen-bond donors (Lipinski definition) is 2. The van der Waals surface area contributed by atoms with E-state index in [0.717, 1.165) is 18.4 Å². The third-order valence-electron chi connectivity index (χ3n) is 3.31. The fourth-order valence-electron chi connectivity index (χ4n) is 2.01. The lowest BCUT2D eigenvalue weighted by Gasteiger charge is -2.15. The number of carbonyl (C=O) groups excluding carboxylic acids is 1. The van der Waals surface area contributed by atoms with E-state index in [9.17, 15) is 4.79 Å². The van der Waals surface area contributed by atoms with Crippen LogP contribution in [0.1, 0.15) is 18.6 Å². The molecule has 2 amide bonds. The van der Waals surface area contributed by atoms with Gasteiger partial charge in [-0.15, -0.1) is 0 Å². The Morgan fingerprint density at radius 3 is 2.64 bits per heavy atom. The first-order chi connectivity index (χ1) is 10.5. The smallest absolute Gasteiger partial charge is 0.332 e. The fraction of sp³-hybridized carbons (Fsp3) is 0.286. The first-order valence-corrected chi connectivity index (χ1v) is 7.52. The summed E-state index contributed by atoms with van der Waals surface area (Å²) < 4.78 is 5.19. The van der Waals surface area contributed by atoms with Gasteiger partial charge >= 0.3 is 6.03 Å². The molecule has 116 valence electrons. The third-order valence-corrected chi connectivity index (χ3v) is 3.74. The lowest BCUT2D eigenvalue weighted by Crippen LogP contribution is -2.45. The summed E-state index contributed by atoms with van der Waals surface area (Å²) in [6.45, 7) is 0.209. The van der Waals surface area contributed by atoms with E-state index in [1.807, 2.05) is 0 Å². The van der Waals surface area contributed by atoms with Crippen molar-refractivity contribution in [3.05, 3.63) is 40.1 Å². The fourth-order valence-corrected chi connectivity index (χ4v) is 2.53.